The summed E-state index contributed by atoms with van der Waals surface area (Å²) < 4.78 is 26.2. The summed E-state index contributed by atoms with van der Waals surface area (Å²) in [6.45, 7) is 34.1. The van der Waals surface area contributed by atoms with Crippen LogP contribution in [0.5, 0.6) is 0 Å². The maximum Gasteiger partial charge on any atom is 0.0844 e. The molecule has 6 atom stereocenters. The van der Waals surface area contributed by atoms with Gasteiger partial charge in [-0.15, -0.1) is 0 Å². The van der Waals surface area contributed by atoms with Crippen LogP contribution in [-0.2, 0) is 23.7 Å². The van der Waals surface area contributed by atoms with Crippen molar-refractivity contribution in [3.63, 3.8) is 0 Å². The number of ether oxygens (including phenoxy) is 5. The second-order valence-electron chi connectivity index (χ2n) is 15.9. The molecule has 6 fully saturated rings. The number of hydrogen-bond donors (Lipinski definition) is 0. The smallest absolute Gasteiger partial charge is 0.0844 e. The molecule has 5 heteroatoms. The first-order valence-electron chi connectivity index (χ1n) is 17.2. The van der Waals surface area contributed by atoms with Gasteiger partial charge in [-0.05, 0) is 67.6 Å². The molecule has 0 aromatic carbocycles. The van der Waals surface area contributed by atoms with Crippen LogP contribution in [0.1, 0.15) is 122 Å². The van der Waals surface area contributed by atoms with Crippen LogP contribution in [0.15, 0.2) is 0 Å². The molecule has 0 bridgehead atoms. The highest BCUT2D eigenvalue weighted by Gasteiger charge is 2.44. The van der Waals surface area contributed by atoms with Gasteiger partial charge in [0.2, 0.25) is 0 Å². The average molecular weight is 583 g/mol. The third kappa shape index (κ3) is 12.0. The van der Waals surface area contributed by atoms with Gasteiger partial charge in [0.1, 0.15) is 0 Å². The second-order valence-corrected chi connectivity index (χ2v) is 15.9. The van der Waals surface area contributed by atoms with Gasteiger partial charge >= 0.3 is 0 Å². The molecular weight excluding hydrogens is 512 g/mol. The van der Waals surface area contributed by atoms with Gasteiger partial charge in [-0.1, -0.05) is 90.0 Å². The van der Waals surface area contributed by atoms with Crippen molar-refractivity contribution in [1.82, 2.24) is 0 Å². The van der Waals surface area contributed by atoms with Crippen molar-refractivity contribution in [1.29, 1.82) is 0 Å². The Bertz CT molecular complexity index is 697. The summed E-state index contributed by atoms with van der Waals surface area (Å²) in [5, 5.41) is 0. The van der Waals surface area contributed by atoms with Crippen molar-refractivity contribution < 1.29 is 23.7 Å². The molecule has 1 saturated carbocycles. The molecule has 0 amide bonds. The highest BCUT2D eigenvalue weighted by atomic mass is 16.6. The monoisotopic (exact) mass is 583 g/mol. The molecule has 0 N–H and O–H groups in total. The van der Waals surface area contributed by atoms with E-state index in [0.717, 1.165) is 62.6 Å². The van der Waals surface area contributed by atoms with Crippen molar-refractivity contribution in [2.24, 2.45) is 46.3 Å². The molecule has 5 saturated heterocycles. The Balaban J connectivity index is 0.000000181. The predicted molar refractivity (Wildman–Crippen MR) is 171 cm³/mol. The van der Waals surface area contributed by atoms with E-state index >= 15 is 0 Å². The maximum atomic E-state index is 5.46. The Kier molecular flexibility index (Phi) is 15.1. The first-order valence-corrected chi connectivity index (χ1v) is 17.2. The molecule has 5 nitrogen and oxygen atoms in total. The van der Waals surface area contributed by atoms with E-state index in [0.29, 0.717) is 47.3 Å². The quantitative estimate of drug-likeness (QED) is 0.293. The van der Waals surface area contributed by atoms with Crippen LogP contribution in [-0.4, -0.2) is 63.6 Å². The van der Waals surface area contributed by atoms with Crippen LogP contribution >= 0.6 is 0 Å². The van der Waals surface area contributed by atoms with E-state index in [1.165, 1.54) is 32.1 Å². The minimum Gasteiger partial charge on any atom is -0.380 e. The number of fused-ring (bicyclic) bond motifs is 1. The summed E-state index contributed by atoms with van der Waals surface area (Å²) in [6, 6.07) is 0. The van der Waals surface area contributed by atoms with Gasteiger partial charge in [0.05, 0.1) is 56.9 Å². The lowest BCUT2D eigenvalue weighted by Crippen LogP contribution is -2.50. The lowest BCUT2D eigenvalue weighted by molar-refractivity contribution is -0.187. The van der Waals surface area contributed by atoms with E-state index in [2.05, 4.69) is 90.0 Å². The summed E-state index contributed by atoms with van der Waals surface area (Å²) in [5.41, 5.74) is 0.980. The SMILES string of the molecule is CC(C)C1CCC2OC2C1.CC(C)C1CCO1.CC(C)C1CO1.CC(C)C1OCC1(C)C.CCC1(C(C)C)COC1. The molecule has 6 aliphatic rings. The van der Waals surface area contributed by atoms with E-state index in [1.807, 2.05) is 0 Å². The van der Waals surface area contributed by atoms with E-state index in [4.69, 9.17) is 23.7 Å². The molecule has 0 radical (unpaired) electrons. The van der Waals surface area contributed by atoms with E-state index in [9.17, 15) is 0 Å². The first kappa shape index (κ1) is 37.0. The van der Waals surface area contributed by atoms with Crippen LogP contribution in [0.3, 0.4) is 0 Å². The van der Waals surface area contributed by atoms with Crippen LogP contribution in [0.25, 0.3) is 0 Å². The number of hydrogen-bond acceptors (Lipinski definition) is 5. The Morgan fingerprint density at radius 3 is 1.39 bits per heavy atom. The van der Waals surface area contributed by atoms with Crippen molar-refractivity contribution in [3.8, 4) is 0 Å². The first-order chi connectivity index (χ1) is 19.1. The molecule has 0 aromatic heterocycles. The predicted octanol–water partition coefficient (Wildman–Crippen LogP) is 8.82. The number of epoxide rings is 2. The highest BCUT2D eigenvalue weighted by Crippen LogP contribution is 2.42. The molecular formula is C36H70O5. The molecule has 0 aromatic rings. The van der Waals surface area contributed by atoms with Gasteiger partial charge in [-0.3, -0.25) is 0 Å². The van der Waals surface area contributed by atoms with Gasteiger partial charge in [0.25, 0.3) is 0 Å². The molecule has 0 spiro atoms. The Hall–Kier alpha value is -0.200. The second kappa shape index (κ2) is 16.8. The van der Waals surface area contributed by atoms with Gasteiger partial charge in [0.15, 0.2) is 0 Å². The minimum absolute atomic E-state index is 0.439. The summed E-state index contributed by atoms with van der Waals surface area (Å²) in [6.07, 6.45) is 9.63. The zero-order valence-electron chi connectivity index (χ0n) is 29.5. The van der Waals surface area contributed by atoms with Crippen LogP contribution in [0.4, 0.5) is 0 Å². The fourth-order valence-electron chi connectivity index (χ4n) is 6.18. The van der Waals surface area contributed by atoms with Crippen molar-refractivity contribution >= 4 is 0 Å². The fourth-order valence-corrected chi connectivity index (χ4v) is 6.18. The fraction of sp³-hybridized carbons (Fsp3) is 1.00. The van der Waals surface area contributed by atoms with Crippen molar-refractivity contribution in [2.45, 2.75) is 153 Å². The highest BCUT2D eigenvalue weighted by molar-refractivity contribution is 4.92. The summed E-state index contributed by atoms with van der Waals surface area (Å²) in [4.78, 5) is 0. The van der Waals surface area contributed by atoms with Crippen LogP contribution < -0.4 is 0 Å². The average Bonchev–Trinajstić information content (AvgIpc) is 3.71. The van der Waals surface area contributed by atoms with E-state index in [-0.39, 0.29) is 0 Å². The zero-order chi connectivity index (χ0) is 31.0. The Morgan fingerprint density at radius 2 is 1.24 bits per heavy atom. The molecule has 6 unspecified atom stereocenters. The Morgan fingerprint density at radius 1 is 0.659 bits per heavy atom. The molecule has 1 aliphatic carbocycles. The third-order valence-corrected chi connectivity index (χ3v) is 10.3. The maximum absolute atomic E-state index is 5.46. The molecule has 6 rings (SSSR count). The van der Waals surface area contributed by atoms with Gasteiger partial charge in [-0.2, -0.15) is 0 Å². The van der Waals surface area contributed by atoms with Crippen LogP contribution in [0, 0.1) is 46.3 Å². The standard InChI is InChI=1S/C9H16O.2C8H16O.C6H12O.C5H10O/c1-6(2)7-3-4-8-9(5-7)10-8;1-6(2)7-8(3,4)5-9-7;1-4-8(7(2)3)5-9-6-8;1-5(2)6-3-4-7-6;1-4(2)5-3-6-5/h6-9H,3-5H2,1-2H3;6-7H,5H2,1-4H3;7H,4-6H2,1-3H3;5-6H,3-4H2,1-2H3;4-5H,3H2,1-2H3. The molecule has 244 valence electrons. The van der Waals surface area contributed by atoms with E-state index < -0.39 is 0 Å². The minimum atomic E-state index is 0.439. The lowest BCUT2D eigenvalue weighted by atomic mass is 9.73. The molecule has 41 heavy (non-hydrogen) atoms. The topological polar surface area (TPSA) is 52.8 Å². The molecule has 5 heterocycles. The van der Waals surface area contributed by atoms with Gasteiger partial charge in [0, 0.05) is 17.4 Å². The van der Waals surface area contributed by atoms with Gasteiger partial charge < -0.3 is 23.7 Å². The van der Waals surface area contributed by atoms with E-state index in [1.54, 1.807) is 0 Å². The lowest BCUT2D eigenvalue weighted by Gasteiger charge is -2.46. The number of rotatable bonds is 6. The largest absolute Gasteiger partial charge is 0.380 e. The summed E-state index contributed by atoms with van der Waals surface area (Å²) in [7, 11) is 0. The summed E-state index contributed by atoms with van der Waals surface area (Å²) >= 11 is 0. The third-order valence-electron chi connectivity index (χ3n) is 10.3. The van der Waals surface area contributed by atoms with Crippen molar-refractivity contribution in [2.75, 3.05) is 33.0 Å². The van der Waals surface area contributed by atoms with Crippen molar-refractivity contribution in [3.05, 3.63) is 0 Å². The molecule has 5 aliphatic heterocycles. The van der Waals surface area contributed by atoms with Gasteiger partial charge in [-0.25, -0.2) is 0 Å². The Labute approximate surface area is 255 Å². The van der Waals surface area contributed by atoms with Crippen LogP contribution in [0.2, 0.25) is 0 Å². The summed E-state index contributed by atoms with van der Waals surface area (Å²) in [5.74, 6) is 4.75. The zero-order valence-corrected chi connectivity index (χ0v) is 29.5. The normalized spacial score (nSPS) is 33.2.